The van der Waals surface area contributed by atoms with Crippen LogP contribution in [0.15, 0.2) is 0 Å². The van der Waals surface area contributed by atoms with E-state index in [2.05, 4.69) is 0 Å². The smallest absolute Gasteiger partial charge is 0.0918 e. The summed E-state index contributed by atoms with van der Waals surface area (Å²) in [6.45, 7) is 2.03. The molecule has 0 aromatic heterocycles. The molecule has 3 fully saturated rings. The fourth-order valence-electron chi connectivity index (χ4n) is 1.94. The third-order valence-corrected chi connectivity index (χ3v) is 3.18. The molecular weight excluding hydrogens is 128 g/mol. The molecule has 2 aliphatic heterocycles. The molecule has 0 unspecified atom stereocenters. The molecule has 10 heavy (non-hydrogen) atoms. The lowest BCUT2D eigenvalue weighted by atomic mass is 9.82. The number of epoxide rings is 2. The van der Waals surface area contributed by atoms with E-state index in [9.17, 15) is 0 Å². The lowest BCUT2D eigenvalue weighted by molar-refractivity contribution is 0.160. The highest BCUT2D eigenvalue weighted by atomic mass is 16.6. The van der Waals surface area contributed by atoms with Crippen molar-refractivity contribution in [2.75, 3.05) is 13.2 Å². The summed E-state index contributed by atoms with van der Waals surface area (Å²) in [6.07, 6.45) is 4.97. The highest BCUT2D eigenvalue weighted by molar-refractivity contribution is 5.05. The second-order valence-electron chi connectivity index (χ2n) is 3.94. The van der Waals surface area contributed by atoms with E-state index in [-0.39, 0.29) is 0 Å². The predicted molar refractivity (Wildman–Crippen MR) is 35.8 cm³/mol. The average molecular weight is 140 g/mol. The Hall–Kier alpha value is -0.0800. The van der Waals surface area contributed by atoms with Gasteiger partial charge in [0.2, 0.25) is 0 Å². The second-order valence-corrected chi connectivity index (χ2v) is 3.94. The third-order valence-electron chi connectivity index (χ3n) is 3.18. The first-order valence-corrected chi connectivity index (χ1v) is 4.11. The molecule has 0 aromatic carbocycles. The Morgan fingerprint density at radius 1 is 0.700 bits per heavy atom. The molecule has 2 nitrogen and oxygen atoms in total. The highest BCUT2D eigenvalue weighted by Crippen LogP contribution is 2.50. The maximum atomic E-state index is 5.40. The lowest BCUT2D eigenvalue weighted by Gasteiger charge is -2.22. The van der Waals surface area contributed by atoms with Crippen molar-refractivity contribution in [2.45, 2.75) is 36.9 Å². The van der Waals surface area contributed by atoms with Crippen LogP contribution in [0.2, 0.25) is 0 Å². The molecule has 1 saturated carbocycles. The Morgan fingerprint density at radius 3 is 1.20 bits per heavy atom. The second kappa shape index (κ2) is 1.41. The lowest BCUT2D eigenvalue weighted by Crippen LogP contribution is -2.26. The summed E-state index contributed by atoms with van der Waals surface area (Å²) in [5.41, 5.74) is 0.689. The van der Waals surface area contributed by atoms with Crippen LogP contribution < -0.4 is 0 Å². The standard InChI is InChI=1S/C8H12O2/c1-2-8(6-10-8)4-3-7(1)5-9-7/h1-6H2/t7-,8-. The van der Waals surface area contributed by atoms with Crippen molar-refractivity contribution in [3.63, 3.8) is 0 Å². The van der Waals surface area contributed by atoms with Gasteiger partial charge in [0.05, 0.1) is 24.4 Å². The van der Waals surface area contributed by atoms with Gasteiger partial charge in [0.25, 0.3) is 0 Å². The topological polar surface area (TPSA) is 25.1 Å². The average Bonchev–Trinajstić information content (AvgIpc) is 2.75. The van der Waals surface area contributed by atoms with Crippen molar-refractivity contribution < 1.29 is 9.47 Å². The van der Waals surface area contributed by atoms with E-state index < -0.39 is 0 Å². The van der Waals surface area contributed by atoms with E-state index in [0.29, 0.717) is 11.2 Å². The van der Waals surface area contributed by atoms with Gasteiger partial charge in [-0.3, -0.25) is 0 Å². The van der Waals surface area contributed by atoms with Gasteiger partial charge in [0.1, 0.15) is 0 Å². The van der Waals surface area contributed by atoms with Crippen LogP contribution in [0.3, 0.4) is 0 Å². The van der Waals surface area contributed by atoms with Crippen LogP contribution in [0.4, 0.5) is 0 Å². The Balaban J connectivity index is 1.72. The molecule has 2 saturated heterocycles. The maximum Gasteiger partial charge on any atom is 0.0918 e. The summed E-state index contributed by atoms with van der Waals surface area (Å²) in [4.78, 5) is 0. The molecule has 1 aliphatic carbocycles. The van der Waals surface area contributed by atoms with E-state index in [4.69, 9.17) is 9.47 Å². The Bertz CT molecular complexity index is 136. The molecule has 2 spiro atoms. The summed E-state index contributed by atoms with van der Waals surface area (Å²) in [7, 11) is 0. The van der Waals surface area contributed by atoms with E-state index in [1.165, 1.54) is 25.7 Å². The fourth-order valence-corrected chi connectivity index (χ4v) is 1.94. The first-order valence-electron chi connectivity index (χ1n) is 4.11. The maximum absolute atomic E-state index is 5.40. The van der Waals surface area contributed by atoms with Gasteiger partial charge in [0, 0.05) is 0 Å². The molecule has 2 heteroatoms. The number of ether oxygens (including phenoxy) is 2. The molecule has 3 aliphatic rings. The molecule has 0 atom stereocenters. The van der Waals surface area contributed by atoms with Crippen molar-refractivity contribution in [3.05, 3.63) is 0 Å². The fraction of sp³-hybridized carbons (Fsp3) is 1.00. The zero-order valence-corrected chi connectivity index (χ0v) is 6.06. The molecule has 0 amide bonds. The van der Waals surface area contributed by atoms with Crippen molar-refractivity contribution >= 4 is 0 Å². The van der Waals surface area contributed by atoms with Crippen LogP contribution >= 0.6 is 0 Å². The van der Waals surface area contributed by atoms with Gasteiger partial charge in [-0.15, -0.1) is 0 Å². The summed E-state index contributed by atoms with van der Waals surface area (Å²) in [5, 5.41) is 0. The minimum atomic E-state index is 0.344. The van der Waals surface area contributed by atoms with Crippen LogP contribution in [0, 0.1) is 0 Å². The van der Waals surface area contributed by atoms with Gasteiger partial charge in [-0.1, -0.05) is 0 Å². The zero-order valence-electron chi connectivity index (χ0n) is 6.06. The van der Waals surface area contributed by atoms with Gasteiger partial charge in [-0.05, 0) is 25.7 Å². The first-order chi connectivity index (χ1) is 4.83. The van der Waals surface area contributed by atoms with Crippen molar-refractivity contribution in [1.29, 1.82) is 0 Å². The minimum absolute atomic E-state index is 0.344. The predicted octanol–water partition coefficient (Wildman–Crippen LogP) is 1.10. The van der Waals surface area contributed by atoms with Gasteiger partial charge in [-0.25, -0.2) is 0 Å². The number of hydrogen-bond donors (Lipinski definition) is 0. The van der Waals surface area contributed by atoms with Gasteiger partial charge >= 0.3 is 0 Å². The SMILES string of the molecule is C1C[C@]2(CC[C@]13CO3)CO2. The minimum Gasteiger partial charge on any atom is -0.370 e. The van der Waals surface area contributed by atoms with Crippen molar-refractivity contribution in [3.8, 4) is 0 Å². The summed E-state index contributed by atoms with van der Waals surface area (Å²) in [6, 6.07) is 0. The van der Waals surface area contributed by atoms with Gasteiger partial charge in [0.15, 0.2) is 0 Å². The third kappa shape index (κ3) is 0.663. The molecule has 56 valence electrons. The Kier molecular flexibility index (Phi) is 0.783. The largest absolute Gasteiger partial charge is 0.370 e. The van der Waals surface area contributed by atoms with E-state index in [0.717, 1.165) is 13.2 Å². The zero-order chi connectivity index (χ0) is 6.66. The molecule has 0 radical (unpaired) electrons. The Labute approximate surface area is 60.5 Å². The normalized spacial score (nSPS) is 57.6. The van der Waals surface area contributed by atoms with Gasteiger partial charge in [-0.2, -0.15) is 0 Å². The van der Waals surface area contributed by atoms with Crippen LogP contribution in [0.25, 0.3) is 0 Å². The van der Waals surface area contributed by atoms with Crippen molar-refractivity contribution in [1.82, 2.24) is 0 Å². The summed E-state index contributed by atoms with van der Waals surface area (Å²) in [5.74, 6) is 0. The number of hydrogen-bond acceptors (Lipinski definition) is 2. The van der Waals surface area contributed by atoms with Crippen LogP contribution in [-0.4, -0.2) is 24.4 Å². The van der Waals surface area contributed by atoms with E-state index in [1.54, 1.807) is 0 Å². The Morgan fingerprint density at radius 2 is 1.00 bits per heavy atom. The first kappa shape index (κ1) is 5.56. The quantitative estimate of drug-likeness (QED) is 0.471. The molecule has 0 aromatic rings. The summed E-state index contributed by atoms with van der Waals surface area (Å²) < 4.78 is 10.8. The van der Waals surface area contributed by atoms with Crippen LogP contribution in [-0.2, 0) is 9.47 Å². The highest BCUT2D eigenvalue weighted by Gasteiger charge is 2.56. The van der Waals surface area contributed by atoms with E-state index >= 15 is 0 Å². The molecule has 0 bridgehead atoms. The summed E-state index contributed by atoms with van der Waals surface area (Å²) >= 11 is 0. The van der Waals surface area contributed by atoms with E-state index in [1.807, 2.05) is 0 Å². The molecule has 3 rings (SSSR count). The van der Waals surface area contributed by atoms with Crippen molar-refractivity contribution in [2.24, 2.45) is 0 Å². The monoisotopic (exact) mass is 140 g/mol. The molecular formula is C8H12O2. The molecule has 0 N–H and O–H groups in total. The van der Waals surface area contributed by atoms with Crippen LogP contribution in [0.1, 0.15) is 25.7 Å². The van der Waals surface area contributed by atoms with Crippen LogP contribution in [0.5, 0.6) is 0 Å². The number of rotatable bonds is 0. The molecule has 2 heterocycles. The van der Waals surface area contributed by atoms with Gasteiger partial charge < -0.3 is 9.47 Å².